The summed E-state index contributed by atoms with van der Waals surface area (Å²) in [6.07, 6.45) is 6.84. The van der Waals surface area contributed by atoms with Gasteiger partial charge in [-0.25, -0.2) is 14.6 Å². The van der Waals surface area contributed by atoms with Crippen LogP contribution >= 0.6 is 23.7 Å². The van der Waals surface area contributed by atoms with Gasteiger partial charge in [0.15, 0.2) is 10.8 Å². The summed E-state index contributed by atoms with van der Waals surface area (Å²) in [6, 6.07) is 2.05. The Bertz CT molecular complexity index is 994. The summed E-state index contributed by atoms with van der Waals surface area (Å²) in [5.41, 5.74) is 2.15. The average molecular weight is 435 g/mol. The third-order valence-corrected chi connectivity index (χ3v) is 6.51. The number of anilines is 1. The number of piperidine rings is 1. The second-order valence-corrected chi connectivity index (χ2v) is 8.50. The number of carbonyl (C=O) groups excluding carboxylic acids is 1. The molecule has 1 aliphatic rings. The van der Waals surface area contributed by atoms with Crippen LogP contribution in [0.4, 0.5) is 5.13 Å². The maximum atomic E-state index is 13.0. The fraction of sp³-hybridized carbons (Fsp3) is 0.500. The van der Waals surface area contributed by atoms with Crippen molar-refractivity contribution in [3.63, 3.8) is 0 Å². The summed E-state index contributed by atoms with van der Waals surface area (Å²) in [6.45, 7) is 8.21. The van der Waals surface area contributed by atoms with Crippen molar-refractivity contribution >= 4 is 45.8 Å². The Labute approximate surface area is 180 Å². The number of fused-ring (bicyclic) bond motifs is 1. The van der Waals surface area contributed by atoms with Crippen molar-refractivity contribution in [3.8, 4) is 0 Å². The zero-order valence-corrected chi connectivity index (χ0v) is 18.6. The minimum absolute atomic E-state index is 0. The van der Waals surface area contributed by atoms with Crippen LogP contribution < -0.4 is 10.6 Å². The van der Waals surface area contributed by atoms with Crippen LogP contribution in [0.15, 0.2) is 18.5 Å². The van der Waals surface area contributed by atoms with Gasteiger partial charge in [-0.15, -0.1) is 23.7 Å². The van der Waals surface area contributed by atoms with E-state index in [0.29, 0.717) is 16.6 Å². The van der Waals surface area contributed by atoms with E-state index in [1.54, 1.807) is 17.5 Å². The van der Waals surface area contributed by atoms with E-state index in [0.717, 1.165) is 49.1 Å². The monoisotopic (exact) mass is 434 g/mol. The second kappa shape index (κ2) is 9.19. The minimum atomic E-state index is -0.162. The SMILES string of the molecule is CCC(C)n1ncc2c(C(=O)Nc3ncc(C4CCNCC4)s3)cc(C)nc21.Cl. The van der Waals surface area contributed by atoms with Crippen molar-refractivity contribution in [2.45, 2.75) is 52.0 Å². The first-order valence-electron chi connectivity index (χ1n) is 9.89. The number of thiazole rings is 1. The number of amides is 1. The Morgan fingerprint density at radius 3 is 2.86 bits per heavy atom. The van der Waals surface area contributed by atoms with Gasteiger partial charge in [0.2, 0.25) is 0 Å². The van der Waals surface area contributed by atoms with E-state index in [1.165, 1.54) is 4.88 Å². The number of carbonyl (C=O) groups is 1. The first kappa shape index (κ1) is 21.7. The molecule has 156 valence electrons. The highest BCUT2D eigenvalue weighted by atomic mass is 35.5. The Kier molecular flexibility index (Phi) is 6.87. The summed E-state index contributed by atoms with van der Waals surface area (Å²) in [7, 11) is 0. The second-order valence-electron chi connectivity index (χ2n) is 7.44. The molecule has 2 N–H and O–H groups in total. The molecule has 1 atom stereocenters. The molecule has 0 radical (unpaired) electrons. The van der Waals surface area contributed by atoms with Crippen molar-refractivity contribution in [1.29, 1.82) is 0 Å². The van der Waals surface area contributed by atoms with Gasteiger partial charge in [0.05, 0.1) is 23.2 Å². The van der Waals surface area contributed by atoms with Gasteiger partial charge in [0.25, 0.3) is 5.91 Å². The third-order valence-electron chi connectivity index (χ3n) is 5.43. The van der Waals surface area contributed by atoms with Gasteiger partial charge in [-0.3, -0.25) is 10.1 Å². The van der Waals surface area contributed by atoms with E-state index in [-0.39, 0.29) is 24.4 Å². The molecule has 4 heterocycles. The summed E-state index contributed by atoms with van der Waals surface area (Å²) < 4.78 is 1.90. The maximum Gasteiger partial charge on any atom is 0.258 e. The highest BCUT2D eigenvalue weighted by molar-refractivity contribution is 7.15. The molecule has 0 spiro atoms. The standard InChI is InChI=1S/C20H26N6OS.ClH/c1-4-13(3)26-18-16(10-23-26)15(9-12(2)24-18)19(27)25-20-22-11-17(28-20)14-5-7-21-8-6-14;/h9-11,13-14,21H,4-8H2,1-3H3,(H,22,25,27);1H. The highest BCUT2D eigenvalue weighted by Gasteiger charge is 2.21. The van der Waals surface area contributed by atoms with Gasteiger partial charge in [-0.05, 0) is 58.2 Å². The number of aryl methyl sites for hydroxylation is 1. The Hall–Kier alpha value is -2.03. The molecule has 0 aliphatic carbocycles. The lowest BCUT2D eigenvalue weighted by Gasteiger charge is -2.20. The molecule has 3 aromatic heterocycles. The Balaban J connectivity index is 0.00000240. The number of nitrogens with zero attached hydrogens (tertiary/aromatic N) is 4. The molecule has 1 fully saturated rings. The molecule has 29 heavy (non-hydrogen) atoms. The zero-order valence-electron chi connectivity index (χ0n) is 16.9. The van der Waals surface area contributed by atoms with Crippen LogP contribution in [0.2, 0.25) is 0 Å². The first-order valence-corrected chi connectivity index (χ1v) is 10.7. The van der Waals surface area contributed by atoms with Crippen molar-refractivity contribution in [1.82, 2.24) is 25.1 Å². The molecule has 1 aliphatic heterocycles. The van der Waals surface area contributed by atoms with E-state index in [9.17, 15) is 4.79 Å². The predicted octanol–water partition coefficient (Wildman–Crippen LogP) is 4.31. The molecule has 9 heteroatoms. The van der Waals surface area contributed by atoms with Crippen LogP contribution in [-0.4, -0.2) is 38.7 Å². The normalized spacial score (nSPS) is 15.8. The van der Waals surface area contributed by atoms with Crippen molar-refractivity contribution in [3.05, 3.63) is 34.6 Å². The smallest absolute Gasteiger partial charge is 0.258 e. The summed E-state index contributed by atoms with van der Waals surface area (Å²) in [5, 5.41) is 12.3. The topological polar surface area (TPSA) is 84.7 Å². The van der Waals surface area contributed by atoms with Gasteiger partial charge < -0.3 is 5.32 Å². The lowest BCUT2D eigenvalue weighted by Crippen LogP contribution is -2.26. The van der Waals surface area contributed by atoms with Crippen LogP contribution in [0.5, 0.6) is 0 Å². The van der Waals surface area contributed by atoms with Gasteiger partial charge in [0.1, 0.15) is 0 Å². The number of hydrogen-bond acceptors (Lipinski definition) is 6. The van der Waals surface area contributed by atoms with Gasteiger partial charge in [-0.1, -0.05) is 6.92 Å². The van der Waals surface area contributed by atoms with E-state index >= 15 is 0 Å². The minimum Gasteiger partial charge on any atom is -0.317 e. The fourth-order valence-electron chi connectivity index (χ4n) is 3.63. The summed E-state index contributed by atoms with van der Waals surface area (Å²) in [5.74, 6) is 0.374. The molecule has 1 saturated heterocycles. The maximum absolute atomic E-state index is 13.0. The highest BCUT2D eigenvalue weighted by Crippen LogP contribution is 2.32. The van der Waals surface area contributed by atoms with Crippen LogP contribution in [0.1, 0.15) is 66.0 Å². The van der Waals surface area contributed by atoms with Gasteiger partial charge in [0, 0.05) is 16.8 Å². The summed E-state index contributed by atoms with van der Waals surface area (Å²) in [4.78, 5) is 23.3. The molecule has 0 aromatic carbocycles. The molecule has 0 bridgehead atoms. The number of rotatable bonds is 5. The number of hydrogen-bond donors (Lipinski definition) is 2. The van der Waals surface area contributed by atoms with E-state index in [1.807, 2.05) is 23.9 Å². The van der Waals surface area contributed by atoms with Crippen LogP contribution in [0, 0.1) is 6.92 Å². The largest absolute Gasteiger partial charge is 0.317 e. The molecule has 7 nitrogen and oxygen atoms in total. The number of halogens is 1. The lowest BCUT2D eigenvalue weighted by atomic mass is 9.97. The molecular formula is C20H27ClN6OS. The average Bonchev–Trinajstić information content (AvgIpc) is 3.34. The number of pyridine rings is 1. The quantitative estimate of drug-likeness (QED) is 0.625. The van der Waals surface area contributed by atoms with Gasteiger partial charge >= 0.3 is 0 Å². The fourth-order valence-corrected chi connectivity index (χ4v) is 4.61. The molecule has 4 rings (SSSR count). The van der Waals surface area contributed by atoms with Crippen molar-refractivity contribution in [2.75, 3.05) is 18.4 Å². The molecule has 1 amide bonds. The Morgan fingerprint density at radius 2 is 2.14 bits per heavy atom. The number of aromatic nitrogens is 4. The lowest BCUT2D eigenvalue weighted by molar-refractivity contribution is 0.102. The van der Waals surface area contributed by atoms with Crippen LogP contribution in [0.3, 0.4) is 0 Å². The summed E-state index contributed by atoms with van der Waals surface area (Å²) >= 11 is 1.58. The predicted molar refractivity (Wildman–Crippen MR) is 119 cm³/mol. The zero-order chi connectivity index (χ0) is 19.7. The van der Waals surface area contributed by atoms with Crippen molar-refractivity contribution < 1.29 is 4.79 Å². The number of nitrogens with one attached hydrogen (secondary N) is 2. The molecular weight excluding hydrogens is 408 g/mol. The molecule has 1 unspecified atom stereocenters. The van der Waals surface area contributed by atoms with E-state index in [2.05, 4.69) is 39.5 Å². The first-order chi connectivity index (χ1) is 13.6. The Morgan fingerprint density at radius 1 is 1.38 bits per heavy atom. The van der Waals surface area contributed by atoms with Crippen molar-refractivity contribution in [2.24, 2.45) is 0 Å². The van der Waals surface area contributed by atoms with Crippen LogP contribution in [0.25, 0.3) is 11.0 Å². The third kappa shape index (κ3) is 4.44. The van der Waals surface area contributed by atoms with Gasteiger partial charge in [-0.2, -0.15) is 5.10 Å². The molecule has 3 aromatic rings. The van der Waals surface area contributed by atoms with E-state index in [4.69, 9.17) is 0 Å². The van der Waals surface area contributed by atoms with Crippen LogP contribution in [-0.2, 0) is 0 Å². The van der Waals surface area contributed by atoms with E-state index < -0.39 is 0 Å². The molecule has 0 saturated carbocycles.